The fraction of sp³-hybridized carbons (Fsp3) is 0.318. The molecule has 3 heterocycles. The molecule has 0 saturated carbocycles. The Balaban J connectivity index is 1.51. The number of nitrogens with zero attached hydrogens (tertiary/aromatic N) is 4. The number of piperidine rings is 1. The van der Waals surface area contributed by atoms with Crippen LogP contribution in [0.2, 0.25) is 0 Å². The van der Waals surface area contributed by atoms with E-state index >= 15 is 0 Å². The van der Waals surface area contributed by atoms with Gasteiger partial charge in [-0.25, -0.2) is 4.98 Å². The highest BCUT2D eigenvalue weighted by molar-refractivity contribution is 5.79. The Morgan fingerprint density at radius 3 is 2.64 bits per heavy atom. The zero-order valence-electron chi connectivity index (χ0n) is 15.8. The summed E-state index contributed by atoms with van der Waals surface area (Å²) in [6.45, 7) is 1.56. The third-order valence-electron chi connectivity index (χ3n) is 6.10. The highest BCUT2D eigenvalue weighted by Crippen LogP contribution is 2.42. The molecule has 1 aromatic heterocycles. The van der Waals surface area contributed by atoms with E-state index in [4.69, 9.17) is 9.72 Å². The monoisotopic (exact) mass is 374 g/mol. The molecular formula is C22H22N4O2. The van der Waals surface area contributed by atoms with Crippen molar-refractivity contribution in [2.75, 3.05) is 31.6 Å². The van der Waals surface area contributed by atoms with Gasteiger partial charge in [0.05, 0.1) is 22.8 Å². The fourth-order valence-corrected chi connectivity index (χ4v) is 4.53. The van der Waals surface area contributed by atoms with Crippen molar-refractivity contribution < 1.29 is 9.53 Å². The van der Waals surface area contributed by atoms with Crippen LogP contribution in [0.5, 0.6) is 0 Å². The molecule has 28 heavy (non-hydrogen) atoms. The molecule has 0 spiro atoms. The highest BCUT2D eigenvalue weighted by Gasteiger charge is 2.52. The Morgan fingerprint density at radius 1 is 1.07 bits per heavy atom. The molecule has 0 aliphatic carbocycles. The second-order valence-corrected chi connectivity index (χ2v) is 7.46. The molecule has 0 radical (unpaired) electrons. The van der Waals surface area contributed by atoms with Gasteiger partial charge in [0.2, 0.25) is 5.91 Å². The Kier molecular flexibility index (Phi) is 4.02. The zero-order chi connectivity index (χ0) is 19.1. The predicted octanol–water partition coefficient (Wildman–Crippen LogP) is 2.59. The third kappa shape index (κ3) is 2.56. The number of aromatic nitrogens is 2. The van der Waals surface area contributed by atoms with Crippen LogP contribution < -0.4 is 4.90 Å². The summed E-state index contributed by atoms with van der Waals surface area (Å²) in [5, 5.41) is 0. The summed E-state index contributed by atoms with van der Waals surface area (Å²) < 4.78 is 6.08. The van der Waals surface area contributed by atoms with Crippen LogP contribution in [0.4, 0.5) is 5.82 Å². The zero-order valence-corrected chi connectivity index (χ0v) is 15.8. The summed E-state index contributed by atoms with van der Waals surface area (Å²) in [5.74, 6) is 0.877. The largest absolute Gasteiger partial charge is 0.364 e. The molecule has 0 bridgehead atoms. The number of amides is 1. The van der Waals surface area contributed by atoms with E-state index in [1.807, 2.05) is 60.6 Å². The van der Waals surface area contributed by atoms with Crippen LogP contribution in [-0.4, -0.2) is 53.6 Å². The minimum Gasteiger partial charge on any atom is -0.364 e. The van der Waals surface area contributed by atoms with Crippen molar-refractivity contribution in [1.82, 2.24) is 14.9 Å². The number of fused-ring (bicyclic) bond motifs is 2. The van der Waals surface area contributed by atoms with Crippen LogP contribution in [0.1, 0.15) is 12.0 Å². The topological polar surface area (TPSA) is 58.6 Å². The first-order chi connectivity index (χ1) is 13.7. The van der Waals surface area contributed by atoms with E-state index in [0.717, 1.165) is 35.4 Å². The van der Waals surface area contributed by atoms with E-state index in [1.165, 1.54) is 0 Å². The average Bonchev–Trinajstić information content (AvgIpc) is 2.76. The van der Waals surface area contributed by atoms with E-state index in [9.17, 15) is 4.79 Å². The van der Waals surface area contributed by atoms with Gasteiger partial charge in [0.1, 0.15) is 18.5 Å². The first-order valence-corrected chi connectivity index (χ1v) is 9.59. The number of ether oxygens (including phenoxy) is 1. The lowest BCUT2D eigenvalue weighted by atomic mass is 9.76. The Hall–Kier alpha value is -2.99. The van der Waals surface area contributed by atoms with Gasteiger partial charge in [0.25, 0.3) is 0 Å². The summed E-state index contributed by atoms with van der Waals surface area (Å²) in [7, 11) is 1.90. The number of benzene rings is 2. The minimum atomic E-state index is -0.447. The molecule has 3 aromatic rings. The number of hydrogen-bond donors (Lipinski definition) is 0. The minimum absolute atomic E-state index is 0.0269. The van der Waals surface area contributed by atoms with E-state index < -0.39 is 5.54 Å². The summed E-state index contributed by atoms with van der Waals surface area (Å²) in [5.41, 5.74) is 2.45. The van der Waals surface area contributed by atoms with Crippen molar-refractivity contribution in [3.63, 3.8) is 0 Å². The Labute approximate surface area is 163 Å². The lowest BCUT2D eigenvalue weighted by Gasteiger charge is -2.55. The molecule has 0 unspecified atom stereocenters. The summed E-state index contributed by atoms with van der Waals surface area (Å²) in [4.78, 5) is 25.9. The Bertz CT molecular complexity index is 1030. The number of carbonyl (C=O) groups is 1. The molecule has 1 amide bonds. The second kappa shape index (κ2) is 6.56. The smallest absolute Gasteiger partial charge is 0.249 e. The number of rotatable bonds is 2. The van der Waals surface area contributed by atoms with Crippen molar-refractivity contribution in [1.29, 1.82) is 0 Å². The van der Waals surface area contributed by atoms with E-state index in [0.29, 0.717) is 6.54 Å². The van der Waals surface area contributed by atoms with Gasteiger partial charge in [0.15, 0.2) is 0 Å². The molecule has 2 aliphatic rings. The van der Waals surface area contributed by atoms with Crippen molar-refractivity contribution in [2.24, 2.45) is 0 Å². The van der Waals surface area contributed by atoms with Gasteiger partial charge in [-0.2, -0.15) is 0 Å². The van der Waals surface area contributed by atoms with Gasteiger partial charge in [-0.3, -0.25) is 9.78 Å². The van der Waals surface area contributed by atoms with Gasteiger partial charge >= 0.3 is 0 Å². The van der Waals surface area contributed by atoms with Crippen molar-refractivity contribution >= 4 is 22.8 Å². The quantitative estimate of drug-likeness (QED) is 0.690. The van der Waals surface area contributed by atoms with Crippen LogP contribution in [0.3, 0.4) is 0 Å². The first kappa shape index (κ1) is 17.1. The average molecular weight is 374 g/mol. The van der Waals surface area contributed by atoms with Crippen LogP contribution >= 0.6 is 0 Å². The number of anilines is 1. The Morgan fingerprint density at radius 2 is 1.82 bits per heavy atom. The molecule has 2 atom stereocenters. The fourth-order valence-electron chi connectivity index (χ4n) is 4.53. The standard InChI is InChI=1S/C22H22N4O2/c1-25-21(27)15-28-19-14-26(12-11-22(19,25)16-7-3-2-4-8-16)20-13-23-17-9-5-6-10-18(17)24-20/h2-10,13,19H,11-12,14-15H2,1H3/t19-,22+/m1/s1. The first-order valence-electron chi connectivity index (χ1n) is 9.59. The SMILES string of the molecule is CN1C(=O)CO[C@@H]2CN(c3cnc4ccccc4n3)CC[C@]21c1ccccc1. The molecule has 2 saturated heterocycles. The number of carbonyl (C=O) groups excluding carboxylic acids is 1. The number of likely N-dealkylation sites (N-methyl/N-ethyl adjacent to an activating group) is 1. The predicted molar refractivity (Wildman–Crippen MR) is 107 cm³/mol. The van der Waals surface area contributed by atoms with Gasteiger partial charge in [-0.15, -0.1) is 0 Å². The lowest BCUT2D eigenvalue weighted by Crippen LogP contribution is -2.67. The molecular weight excluding hydrogens is 352 g/mol. The summed E-state index contributed by atoms with van der Waals surface area (Å²) >= 11 is 0. The third-order valence-corrected chi connectivity index (χ3v) is 6.10. The van der Waals surface area contributed by atoms with Crippen molar-refractivity contribution in [3.05, 3.63) is 66.4 Å². The lowest BCUT2D eigenvalue weighted by molar-refractivity contribution is -0.173. The molecule has 0 N–H and O–H groups in total. The molecule has 142 valence electrons. The summed E-state index contributed by atoms with van der Waals surface area (Å²) in [6, 6.07) is 18.1. The maximum atomic E-state index is 12.5. The molecule has 6 nitrogen and oxygen atoms in total. The summed E-state index contributed by atoms with van der Waals surface area (Å²) in [6.07, 6.45) is 2.48. The van der Waals surface area contributed by atoms with E-state index in [2.05, 4.69) is 22.0 Å². The van der Waals surface area contributed by atoms with Crippen molar-refractivity contribution in [3.8, 4) is 0 Å². The van der Waals surface area contributed by atoms with E-state index in [-0.39, 0.29) is 18.6 Å². The van der Waals surface area contributed by atoms with Crippen molar-refractivity contribution in [2.45, 2.75) is 18.1 Å². The number of para-hydroxylation sites is 2. The maximum absolute atomic E-state index is 12.5. The molecule has 6 heteroatoms. The second-order valence-electron chi connectivity index (χ2n) is 7.46. The number of morpholine rings is 1. The molecule has 2 fully saturated rings. The van der Waals surface area contributed by atoms with Gasteiger partial charge in [0, 0.05) is 20.1 Å². The van der Waals surface area contributed by atoms with Crippen LogP contribution in [0.25, 0.3) is 11.0 Å². The number of hydrogen-bond acceptors (Lipinski definition) is 5. The van der Waals surface area contributed by atoms with Crippen LogP contribution in [0.15, 0.2) is 60.8 Å². The highest BCUT2D eigenvalue weighted by atomic mass is 16.5. The van der Waals surface area contributed by atoms with E-state index in [1.54, 1.807) is 0 Å². The molecule has 2 aliphatic heterocycles. The van der Waals surface area contributed by atoms with Crippen LogP contribution in [-0.2, 0) is 15.1 Å². The van der Waals surface area contributed by atoms with Gasteiger partial charge in [-0.05, 0) is 24.1 Å². The normalized spacial score (nSPS) is 25.0. The molecule has 5 rings (SSSR count). The van der Waals surface area contributed by atoms with Gasteiger partial charge < -0.3 is 14.5 Å². The maximum Gasteiger partial charge on any atom is 0.249 e. The van der Waals surface area contributed by atoms with Gasteiger partial charge in [-0.1, -0.05) is 42.5 Å². The molecule has 2 aromatic carbocycles. The van der Waals surface area contributed by atoms with Crippen LogP contribution in [0, 0.1) is 0 Å².